The van der Waals surface area contributed by atoms with Crippen molar-refractivity contribution in [1.82, 2.24) is 0 Å². The molecule has 0 atom stereocenters. The Hall–Kier alpha value is -3.28. The van der Waals surface area contributed by atoms with E-state index < -0.39 is 5.97 Å². The van der Waals surface area contributed by atoms with E-state index in [-0.39, 0.29) is 17.1 Å². The zero-order valence-corrected chi connectivity index (χ0v) is 18.2. The predicted octanol–water partition coefficient (Wildman–Crippen LogP) is 6.13. The molecule has 3 aromatic rings. The van der Waals surface area contributed by atoms with Gasteiger partial charge in [-0.25, -0.2) is 4.79 Å². The molecule has 0 aromatic heterocycles. The van der Waals surface area contributed by atoms with Gasteiger partial charge in [-0.05, 0) is 66.2 Å². The predicted molar refractivity (Wildman–Crippen MR) is 121 cm³/mol. The van der Waals surface area contributed by atoms with Gasteiger partial charge in [0.2, 0.25) is 0 Å². The number of halogens is 2. The maximum absolute atomic E-state index is 12.6. The number of ketones is 1. The number of hydrogen-bond acceptors (Lipinski definition) is 5. The molecule has 0 aliphatic carbocycles. The van der Waals surface area contributed by atoms with Crippen LogP contribution in [0, 0.1) is 0 Å². The summed E-state index contributed by atoms with van der Waals surface area (Å²) < 4.78 is 15.9. The highest BCUT2D eigenvalue weighted by Crippen LogP contribution is 2.29. The molecular formula is C24H18Cl2O5. The van der Waals surface area contributed by atoms with Crippen LogP contribution in [0.15, 0.2) is 66.7 Å². The van der Waals surface area contributed by atoms with Crippen molar-refractivity contribution in [1.29, 1.82) is 0 Å². The van der Waals surface area contributed by atoms with Crippen molar-refractivity contribution in [3.05, 3.63) is 93.5 Å². The molecule has 0 aliphatic rings. The Bertz CT molecular complexity index is 1110. The van der Waals surface area contributed by atoms with E-state index >= 15 is 0 Å². The summed E-state index contributed by atoms with van der Waals surface area (Å²) in [7, 11) is 2.91. The van der Waals surface area contributed by atoms with Crippen molar-refractivity contribution >= 4 is 41.0 Å². The number of hydrogen-bond donors (Lipinski definition) is 0. The largest absolute Gasteiger partial charge is 0.496 e. The van der Waals surface area contributed by atoms with Crippen molar-refractivity contribution in [2.24, 2.45) is 0 Å². The summed E-state index contributed by atoms with van der Waals surface area (Å²) in [6, 6.07) is 16.2. The van der Waals surface area contributed by atoms with Crippen LogP contribution in [-0.4, -0.2) is 26.0 Å². The van der Waals surface area contributed by atoms with Crippen LogP contribution >= 0.6 is 23.2 Å². The van der Waals surface area contributed by atoms with Gasteiger partial charge in [0.05, 0.1) is 14.2 Å². The summed E-state index contributed by atoms with van der Waals surface area (Å²) in [5, 5.41) is 0.968. The lowest BCUT2D eigenvalue weighted by molar-refractivity contribution is 0.0727. The van der Waals surface area contributed by atoms with Crippen molar-refractivity contribution in [2.75, 3.05) is 14.2 Å². The molecule has 0 radical (unpaired) electrons. The lowest BCUT2D eigenvalue weighted by atomic mass is 10.1. The van der Waals surface area contributed by atoms with Crippen LogP contribution in [0.4, 0.5) is 0 Å². The summed E-state index contributed by atoms with van der Waals surface area (Å²) in [5.41, 5.74) is 1.28. The molecular weight excluding hydrogens is 439 g/mol. The number of benzene rings is 3. The van der Waals surface area contributed by atoms with Gasteiger partial charge in [-0.2, -0.15) is 0 Å². The first-order chi connectivity index (χ1) is 14.9. The molecule has 0 saturated carbocycles. The van der Waals surface area contributed by atoms with Crippen LogP contribution in [0.5, 0.6) is 17.2 Å². The molecule has 0 aliphatic heterocycles. The van der Waals surface area contributed by atoms with E-state index in [1.165, 1.54) is 32.4 Å². The highest BCUT2D eigenvalue weighted by molar-refractivity contribution is 6.35. The van der Waals surface area contributed by atoms with E-state index in [0.29, 0.717) is 32.7 Å². The van der Waals surface area contributed by atoms with E-state index in [1.807, 2.05) is 0 Å². The third kappa shape index (κ3) is 5.45. The van der Waals surface area contributed by atoms with Crippen LogP contribution in [-0.2, 0) is 0 Å². The Morgan fingerprint density at radius 2 is 1.52 bits per heavy atom. The third-order valence-corrected chi connectivity index (χ3v) is 4.92. The molecule has 7 heteroatoms. The minimum Gasteiger partial charge on any atom is -0.496 e. The fraction of sp³-hybridized carbons (Fsp3) is 0.0833. The highest BCUT2D eigenvalue weighted by Gasteiger charge is 2.20. The minimum atomic E-state index is -0.634. The Kier molecular flexibility index (Phi) is 7.34. The smallest absolute Gasteiger partial charge is 0.351 e. The molecule has 158 valence electrons. The maximum atomic E-state index is 12.6. The first kappa shape index (κ1) is 22.4. The third-order valence-electron chi connectivity index (χ3n) is 4.36. The summed E-state index contributed by atoms with van der Waals surface area (Å²) >= 11 is 12.0. The quantitative estimate of drug-likeness (QED) is 0.185. The van der Waals surface area contributed by atoms with Gasteiger partial charge in [0.1, 0.15) is 22.8 Å². The maximum Gasteiger partial charge on any atom is 0.351 e. The summed E-state index contributed by atoms with van der Waals surface area (Å²) in [4.78, 5) is 25.0. The van der Waals surface area contributed by atoms with Crippen LogP contribution in [0.25, 0.3) is 6.08 Å². The van der Waals surface area contributed by atoms with E-state index in [2.05, 4.69) is 0 Å². The molecule has 0 bridgehead atoms. The van der Waals surface area contributed by atoms with Crippen LogP contribution < -0.4 is 14.2 Å². The van der Waals surface area contributed by atoms with Gasteiger partial charge in [-0.15, -0.1) is 0 Å². The zero-order valence-electron chi connectivity index (χ0n) is 16.7. The number of allylic oxidation sites excluding steroid dienone is 1. The van der Waals surface area contributed by atoms with Crippen molar-refractivity contribution in [3.8, 4) is 17.2 Å². The number of carbonyl (C=O) groups excluding carboxylic acids is 2. The molecule has 0 amide bonds. The van der Waals surface area contributed by atoms with Gasteiger partial charge in [-0.1, -0.05) is 35.3 Å². The van der Waals surface area contributed by atoms with Crippen LogP contribution in [0.3, 0.4) is 0 Å². The Morgan fingerprint density at radius 3 is 2.10 bits per heavy atom. The summed E-state index contributed by atoms with van der Waals surface area (Å²) in [6.07, 6.45) is 3.03. The Labute approximate surface area is 189 Å². The second-order valence-electron chi connectivity index (χ2n) is 6.31. The second kappa shape index (κ2) is 10.2. The standard InChI is InChI=1S/C24H18Cl2O5/c1-29-21-4-3-5-22(30-2)23(21)24(28)31-18-11-7-16(8-12-18)20(27)13-9-15-6-10-17(25)14-19(15)26/h3-14H,1-2H3/b13-9+. The molecule has 3 rings (SSSR count). The van der Waals surface area contributed by atoms with E-state index in [9.17, 15) is 9.59 Å². The van der Waals surface area contributed by atoms with Gasteiger partial charge in [0, 0.05) is 15.6 Å². The number of ether oxygens (including phenoxy) is 3. The molecule has 0 saturated heterocycles. The van der Waals surface area contributed by atoms with E-state index in [1.54, 1.807) is 54.6 Å². The van der Waals surface area contributed by atoms with Gasteiger partial charge >= 0.3 is 5.97 Å². The van der Waals surface area contributed by atoms with Gasteiger partial charge in [-0.3, -0.25) is 4.79 Å². The second-order valence-corrected chi connectivity index (χ2v) is 7.16. The number of methoxy groups -OCH3 is 2. The van der Waals surface area contributed by atoms with Gasteiger partial charge in [0.25, 0.3) is 0 Å². The topological polar surface area (TPSA) is 61.8 Å². The molecule has 3 aromatic carbocycles. The fourth-order valence-electron chi connectivity index (χ4n) is 2.80. The van der Waals surface area contributed by atoms with Gasteiger partial charge in [0.15, 0.2) is 5.78 Å². The van der Waals surface area contributed by atoms with Crippen LogP contribution in [0.2, 0.25) is 10.0 Å². The summed E-state index contributed by atoms with van der Waals surface area (Å²) in [5.74, 6) is 0.0875. The van der Waals surface area contributed by atoms with E-state index in [4.69, 9.17) is 37.4 Å². The molecule has 0 spiro atoms. The number of rotatable bonds is 7. The highest BCUT2D eigenvalue weighted by atomic mass is 35.5. The van der Waals surface area contributed by atoms with E-state index in [0.717, 1.165) is 0 Å². The first-order valence-corrected chi connectivity index (χ1v) is 9.89. The SMILES string of the molecule is COc1cccc(OC)c1C(=O)Oc1ccc(C(=O)/C=C/c2ccc(Cl)cc2Cl)cc1. The zero-order chi connectivity index (χ0) is 22.4. The molecule has 0 fully saturated rings. The molecule has 5 nitrogen and oxygen atoms in total. The van der Waals surface area contributed by atoms with Crippen molar-refractivity contribution in [2.45, 2.75) is 0 Å². The monoisotopic (exact) mass is 456 g/mol. The lowest BCUT2D eigenvalue weighted by Gasteiger charge is -2.12. The first-order valence-electron chi connectivity index (χ1n) is 9.13. The molecule has 0 heterocycles. The van der Waals surface area contributed by atoms with Crippen LogP contribution in [0.1, 0.15) is 26.3 Å². The molecule has 0 unspecified atom stereocenters. The molecule has 31 heavy (non-hydrogen) atoms. The summed E-state index contributed by atoms with van der Waals surface area (Å²) in [6.45, 7) is 0. The fourth-order valence-corrected chi connectivity index (χ4v) is 3.27. The molecule has 0 N–H and O–H groups in total. The number of carbonyl (C=O) groups is 2. The normalized spacial score (nSPS) is 10.7. The lowest BCUT2D eigenvalue weighted by Crippen LogP contribution is -2.12. The van der Waals surface area contributed by atoms with Crippen molar-refractivity contribution < 1.29 is 23.8 Å². The number of esters is 1. The Morgan fingerprint density at radius 1 is 0.871 bits per heavy atom. The average molecular weight is 457 g/mol. The Balaban J connectivity index is 1.72. The minimum absolute atomic E-state index is 0.176. The van der Waals surface area contributed by atoms with Crippen molar-refractivity contribution in [3.63, 3.8) is 0 Å². The average Bonchev–Trinajstić information content (AvgIpc) is 2.78. The van der Waals surface area contributed by atoms with Gasteiger partial charge < -0.3 is 14.2 Å².